The van der Waals surface area contributed by atoms with E-state index in [4.69, 9.17) is 15.0 Å². The highest BCUT2D eigenvalue weighted by Gasteiger charge is 2.36. The zero-order valence-corrected chi connectivity index (χ0v) is 39.3. The van der Waals surface area contributed by atoms with Gasteiger partial charge in [-0.3, -0.25) is 0 Å². The first kappa shape index (κ1) is 40.8. The molecule has 0 saturated heterocycles. The second-order valence-corrected chi connectivity index (χ2v) is 19.2. The van der Waals surface area contributed by atoms with E-state index >= 15 is 0 Å². The van der Waals surface area contributed by atoms with Crippen molar-refractivity contribution in [3.63, 3.8) is 0 Å². The Balaban J connectivity index is 1.06. The molecule has 0 radical (unpaired) electrons. The van der Waals surface area contributed by atoms with Gasteiger partial charge in [-0.2, -0.15) is 0 Å². The van der Waals surface area contributed by atoms with Gasteiger partial charge in [-0.1, -0.05) is 184 Å². The van der Waals surface area contributed by atoms with Gasteiger partial charge in [0, 0.05) is 55.0 Å². The zero-order chi connectivity index (χ0) is 47.2. The van der Waals surface area contributed by atoms with Crippen LogP contribution in [0, 0.1) is 0 Å². The van der Waals surface area contributed by atoms with Crippen molar-refractivity contribution in [2.45, 2.75) is 19.3 Å². The average Bonchev–Trinajstić information content (AvgIpc) is 4.03. The van der Waals surface area contributed by atoms with Crippen LogP contribution in [-0.2, 0) is 5.41 Å². The van der Waals surface area contributed by atoms with Crippen LogP contribution in [0.1, 0.15) is 25.0 Å². The van der Waals surface area contributed by atoms with E-state index in [-0.39, 0.29) is 5.41 Å². The van der Waals surface area contributed by atoms with Crippen LogP contribution in [0.25, 0.3) is 123 Å². The summed E-state index contributed by atoms with van der Waals surface area (Å²) < 4.78 is 4.86. The second kappa shape index (κ2) is 15.9. The third-order valence-electron chi connectivity index (χ3n) is 14.7. The van der Waals surface area contributed by atoms with Crippen molar-refractivity contribution < 1.29 is 0 Å². The van der Waals surface area contributed by atoms with Gasteiger partial charge in [0.25, 0.3) is 0 Å². The minimum absolute atomic E-state index is 0.176. The summed E-state index contributed by atoms with van der Waals surface area (Å²) in [5.41, 5.74) is 18.8. The first-order valence-electron chi connectivity index (χ1n) is 24.3. The summed E-state index contributed by atoms with van der Waals surface area (Å²) in [6.45, 7) is 4.72. The fourth-order valence-corrected chi connectivity index (χ4v) is 11.3. The summed E-state index contributed by atoms with van der Waals surface area (Å²) >= 11 is 0. The van der Waals surface area contributed by atoms with Crippen LogP contribution in [0.15, 0.2) is 237 Å². The predicted octanol–water partition coefficient (Wildman–Crippen LogP) is 16.7. The fourth-order valence-electron chi connectivity index (χ4n) is 11.3. The third-order valence-corrected chi connectivity index (χ3v) is 14.7. The van der Waals surface area contributed by atoms with E-state index in [2.05, 4.69) is 241 Å². The first-order chi connectivity index (χ1) is 34.9. The van der Waals surface area contributed by atoms with Gasteiger partial charge in [-0.25, -0.2) is 15.0 Å². The lowest BCUT2D eigenvalue weighted by Crippen LogP contribution is -2.15. The molecule has 3 aromatic heterocycles. The van der Waals surface area contributed by atoms with Crippen molar-refractivity contribution in [1.82, 2.24) is 24.1 Å². The molecule has 0 N–H and O–H groups in total. The number of para-hydroxylation sites is 3. The highest BCUT2D eigenvalue weighted by atomic mass is 15.0. The van der Waals surface area contributed by atoms with Crippen LogP contribution in [0.5, 0.6) is 0 Å². The van der Waals surface area contributed by atoms with E-state index in [9.17, 15) is 0 Å². The van der Waals surface area contributed by atoms with Crippen molar-refractivity contribution in [2.75, 3.05) is 0 Å². The van der Waals surface area contributed by atoms with E-state index in [0.717, 1.165) is 72.4 Å². The molecule has 71 heavy (non-hydrogen) atoms. The van der Waals surface area contributed by atoms with Gasteiger partial charge < -0.3 is 9.13 Å². The second-order valence-electron chi connectivity index (χ2n) is 19.2. The Bertz CT molecular complexity index is 4130. The SMILES string of the molecule is CC1(C)c2ccccc2-c2cc3c4ccccc4n(-c4cc(-c5nc(-c6ccccc6)nc(-c6cc(-c7ccccc7)cc(-c7ccccc7)c6)n5)cc(-n5c6ccccc6c6ccccc65)c4)c3cc21. The quantitative estimate of drug-likeness (QED) is 0.160. The maximum Gasteiger partial charge on any atom is 0.164 e. The zero-order valence-electron chi connectivity index (χ0n) is 39.3. The monoisotopic (exact) mass is 907 g/mol. The number of aromatic nitrogens is 5. The van der Waals surface area contributed by atoms with Crippen LogP contribution in [0.3, 0.4) is 0 Å². The molecule has 0 amide bonds. The molecule has 1 aliphatic rings. The van der Waals surface area contributed by atoms with Gasteiger partial charge in [0.05, 0.1) is 22.1 Å². The van der Waals surface area contributed by atoms with Gasteiger partial charge in [0.1, 0.15) is 0 Å². The van der Waals surface area contributed by atoms with Crippen LogP contribution >= 0.6 is 0 Å². The van der Waals surface area contributed by atoms with Crippen LogP contribution in [0.2, 0.25) is 0 Å². The van der Waals surface area contributed by atoms with E-state index < -0.39 is 0 Å². The van der Waals surface area contributed by atoms with Crippen molar-refractivity contribution in [3.05, 3.63) is 248 Å². The molecule has 1 aliphatic carbocycles. The maximum atomic E-state index is 5.51. The van der Waals surface area contributed by atoms with E-state index in [1.165, 1.54) is 43.8 Å². The number of fused-ring (bicyclic) bond motifs is 9. The Hall–Kier alpha value is -9.19. The average molecular weight is 908 g/mol. The first-order valence-corrected chi connectivity index (χ1v) is 24.3. The highest BCUT2D eigenvalue weighted by molar-refractivity contribution is 6.12. The van der Waals surface area contributed by atoms with Crippen molar-refractivity contribution in [1.29, 1.82) is 0 Å². The summed E-state index contributed by atoms with van der Waals surface area (Å²) in [7, 11) is 0. The Morgan fingerprint density at radius 1 is 0.282 bits per heavy atom. The summed E-state index contributed by atoms with van der Waals surface area (Å²) in [6.07, 6.45) is 0. The molecule has 0 bridgehead atoms. The van der Waals surface area contributed by atoms with Gasteiger partial charge in [0.2, 0.25) is 0 Å². The molecule has 14 rings (SSSR count). The number of hydrogen-bond donors (Lipinski definition) is 0. The molecule has 0 saturated carbocycles. The smallest absolute Gasteiger partial charge is 0.164 e. The number of nitrogens with zero attached hydrogens (tertiary/aromatic N) is 5. The lowest BCUT2D eigenvalue weighted by atomic mass is 9.82. The third kappa shape index (κ3) is 6.58. The molecule has 0 atom stereocenters. The van der Waals surface area contributed by atoms with Gasteiger partial charge in [0.15, 0.2) is 17.5 Å². The molecule has 10 aromatic carbocycles. The largest absolute Gasteiger partial charge is 0.309 e. The minimum atomic E-state index is -0.176. The van der Waals surface area contributed by atoms with Crippen LogP contribution in [-0.4, -0.2) is 24.1 Å². The van der Waals surface area contributed by atoms with E-state index in [0.29, 0.717) is 17.5 Å². The number of rotatable bonds is 7. The molecule has 0 aliphatic heterocycles. The topological polar surface area (TPSA) is 48.5 Å². The molecule has 3 heterocycles. The molecular weight excluding hydrogens is 863 g/mol. The van der Waals surface area contributed by atoms with E-state index in [1.54, 1.807) is 0 Å². The predicted molar refractivity (Wildman–Crippen MR) is 293 cm³/mol. The molecule has 0 spiro atoms. The Morgan fingerprint density at radius 2 is 0.690 bits per heavy atom. The normalized spacial score (nSPS) is 12.8. The fraction of sp³-hybridized carbons (Fsp3) is 0.0455. The summed E-state index contributed by atoms with van der Waals surface area (Å²) in [5.74, 6) is 1.79. The highest BCUT2D eigenvalue weighted by Crippen LogP contribution is 2.51. The lowest BCUT2D eigenvalue weighted by Gasteiger charge is -2.22. The van der Waals surface area contributed by atoms with Gasteiger partial charge in [-0.15, -0.1) is 0 Å². The standard InChI is InChI=1S/C66H45N5/c1-66(2)57-30-16-12-26-51(57)55-40-56-54-29-15-19-33-61(54)71(62(56)41-58(55)66)50-38-48(37-49(39-50)70-59-31-17-13-27-52(59)53-28-14-18-32-60(53)70)65-68-63(44-24-10-5-11-25-44)67-64(69-65)47-35-45(42-20-6-3-7-21-42)34-46(36-47)43-22-8-4-9-23-43/h3-41H,1-2H3. The summed E-state index contributed by atoms with van der Waals surface area (Å²) in [6, 6.07) is 85.0. The molecule has 5 nitrogen and oxygen atoms in total. The number of hydrogen-bond acceptors (Lipinski definition) is 3. The van der Waals surface area contributed by atoms with Crippen molar-refractivity contribution in [3.8, 4) is 78.9 Å². The van der Waals surface area contributed by atoms with Gasteiger partial charge in [-0.05, 0) is 111 Å². The molecule has 13 aromatic rings. The lowest BCUT2D eigenvalue weighted by molar-refractivity contribution is 0.661. The minimum Gasteiger partial charge on any atom is -0.309 e. The molecule has 0 fully saturated rings. The Kier molecular flexibility index (Phi) is 9.17. The van der Waals surface area contributed by atoms with Crippen LogP contribution < -0.4 is 0 Å². The van der Waals surface area contributed by atoms with Crippen molar-refractivity contribution >= 4 is 43.6 Å². The molecule has 5 heteroatoms. The molecule has 334 valence electrons. The molecule has 0 unspecified atom stereocenters. The Labute approximate surface area is 411 Å². The maximum absolute atomic E-state index is 5.51. The molecular formula is C66H45N5. The van der Waals surface area contributed by atoms with Crippen molar-refractivity contribution in [2.24, 2.45) is 0 Å². The van der Waals surface area contributed by atoms with Gasteiger partial charge >= 0.3 is 0 Å². The van der Waals surface area contributed by atoms with Crippen LogP contribution in [0.4, 0.5) is 0 Å². The Morgan fingerprint density at radius 3 is 1.24 bits per heavy atom. The summed E-state index contributed by atoms with van der Waals surface area (Å²) in [5, 5.41) is 4.82. The number of benzene rings is 10. The van der Waals surface area contributed by atoms with E-state index in [1.807, 2.05) is 18.2 Å². The summed E-state index contributed by atoms with van der Waals surface area (Å²) in [4.78, 5) is 16.2.